The lowest BCUT2D eigenvalue weighted by molar-refractivity contribution is 0.151. The second kappa shape index (κ2) is 13.7. The Kier molecular flexibility index (Phi) is 10.1. The minimum atomic E-state index is -0.481. The van der Waals surface area contributed by atoms with Gasteiger partial charge in [0.25, 0.3) is 0 Å². The number of benzene rings is 3. The normalized spacial score (nSPS) is 16.4. The molecule has 0 spiro atoms. The van der Waals surface area contributed by atoms with Crippen molar-refractivity contribution >= 4 is 12.0 Å². The quantitative estimate of drug-likeness (QED) is 0.230. The van der Waals surface area contributed by atoms with E-state index in [2.05, 4.69) is 36.3 Å². The molecule has 0 bridgehead atoms. The molecule has 3 aliphatic heterocycles. The van der Waals surface area contributed by atoms with Gasteiger partial charge in [0, 0.05) is 24.7 Å². The Morgan fingerprint density at radius 2 is 1.80 bits per heavy atom. The molecule has 3 aromatic rings. The number of hydrogen-bond donors (Lipinski definition) is 0. The third-order valence-corrected chi connectivity index (χ3v) is 7.53. The fraction of sp³-hybridized carbons (Fsp3) is 0.312. The molecule has 5 nitrogen and oxygen atoms in total. The Morgan fingerprint density at radius 3 is 2.48 bits per heavy atom. The van der Waals surface area contributed by atoms with E-state index in [0.29, 0.717) is 29.9 Å². The van der Waals surface area contributed by atoms with E-state index in [1.54, 1.807) is 13.2 Å². The summed E-state index contributed by atoms with van der Waals surface area (Å²) in [6, 6.07) is 15.1. The van der Waals surface area contributed by atoms with Gasteiger partial charge in [0.2, 0.25) is 0 Å². The number of methoxy groups -OCH3 is 1. The Morgan fingerprint density at radius 1 is 1.07 bits per heavy atom. The number of allylic oxidation sites excluding steroid dienone is 2. The number of hydrogen-bond acceptors (Lipinski definition) is 6. The standard InChI is InChI=1S/C26H24FNO4S.C4H5F.C2H6/c1-29-26-21-15-28-8-7-17-12-24-25(31-10-9-30-24)14-20(17)22(28)11-16(21)5-6-23(26)32-33-19-4-2-3-18(27)13-19;1-3-4(2)5;1-2/h2-6,12-14,22H,7-11,15H2,1H3;3H,1-2H2;1-2H3. The molecule has 1 unspecified atom stereocenters. The van der Waals surface area contributed by atoms with Crippen LogP contribution in [0.3, 0.4) is 0 Å². The zero-order valence-corrected chi connectivity index (χ0v) is 24.0. The monoisotopic (exact) mass is 567 g/mol. The second-order valence-electron chi connectivity index (χ2n) is 9.14. The zero-order chi connectivity index (χ0) is 28.6. The van der Waals surface area contributed by atoms with Crippen molar-refractivity contribution in [1.29, 1.82) is 0 Å². The number of fused-ring (bicyclic) bond motifs is 5. The topological polar surface area (TPSA) is 40.2 Å². The van der Waals surface area contributed by atoms with Crippen LogP contribution < -0.4 is 18.4 Å². The van der Waals surface area contributed by atoms with Crippen molar-refractivity contribution in [2.24, 2.45) is 0 Å². The Labute approximate surface area is 239 Å². The van der Waals surface area contributed by atoms with Crippen molar-refractivity contribution in [3.05, 3.63) is 102 Å². The van der Waals surface area contributed by atoms with E-state index >= 15 is 0 Å². The van der Waals surface area contributed by atoms with Crippen LogP contribution in [-0.2, 0) is 19.4 Å². The van der Waals surface area contributed by atoms with E-state index in [1.807, 2.05) is 26.0 Å². The summed E-state index contributed by atoms with van der Waals surface area (Å²) in [7, 11) is 1.68. The van der Waals surface area contributed by atoms with Crippen LogP contribution in [0.2, 0.25) is 0 Å². The SMILES string of the molecule is C=CC(=C)F.CC.COc1c(OSc2cccc(F)c2)ccc2c1CN1CCc3cc4c(cc3C1C2)OCCO4. The van der Waals surface area contributed by atoms with Gasteiger partial charge < -0.3 is 18.4 Å². The number of rotatable bonds is 5. The molecule has 6 rings (SSSR count). The third kappa shape index (κ3) is 6.62. The molecule has 0 radical (unpaired) electrons. The maximum Gasteiger partial charge on any atom is 0.180 e. The summed E-state index contributed by atoms with van der Waals surface area (Å²) >= 11 is 1.14. The highest BCUT2D eigenvalue weighted by Crippen LogP contribution is 2.47. The van der Waals surface area contributed by atoms with Crippen LogP contribution in [0.4, 0.5) is 8.78 Å². The molecular weight excluding hydrogens is 532 g/mol. The second-order valence-corrected chi connectivity index (χ2v) is 9.95. The van der Waals surface area contributed by atoms with Gasteiger partial charge in [-0.3, -0.25) is 4.90 Å². The molecule has 0 saturated heterocycles. The summed E-state index contributed by atoms with van der Waals surface area (Å²) < 4.78 is 48.0. The molecule has 3 aliphatic rings. The molecule has 212 valence electrons. The number of ether oxygens (including phenoxy) is 3. The lowest BCUT2D eigenvalue weighted by atomic mass is 9.83. The maximum absolute atomic E-state index is 13.5. The average Bonchev–Trinajstić information content (AvgIpc) is 2.99. The van der Waals surface area contributed by atoms with Crippen LogP contribution in [0.15, 0.2) is 78.5 Å². The molecule has 40 heavy (non-hydrogen) atoms. The minimum absolute atomic E-state index is 0.282. The molecular formula is C32H35F2NO4S. The predicted octanol–water partition coefficient (Wildman–Crippen LogP) is 8.03. The lowest BCUT2D eigenvalue weighted by Crippen LogP contribution is -2.39. The van der Waals surface area contributed by atoms with Gasteiger partial charge in [0.05, 0.1) is 24.0 Å². The van der Waals surface area contributed by atoms with E-state index in [9.17, 15) is 8.78 Å². The van der Waals surface area contributed by atoms with E-state index in [0.717, 1.165) is 66.9 Å². The summed E-state index contributed by atoms with van der Waals surface area (Å²) in [6.07, 6.45) is 2.93. The van der Waals surface area contributed by atoms with Crippen LogP contribution in [0, 0.1) is 5.82 Å². The fourth-order valence-electron chi connectivity index (χ4n) is 5.04. The number of nitrogens with zero attached hydrogens (tertiary/aromatic N) is 1. The van der Waals surface area contributed by atoms with E-state index in [4.69, 9.17) is 18.4 Å². The van der Waals surface area contributed by atoms with Gasteiger partial charge in [0.15, 0.2) is 23.0 Å². The first-order chi connectivity index (χ1) is 19.5. The molecule has 3 aromatic carbocycles. The summed E-state index contributed by atoms with van der Waals surface area (Å²) in [5, 5.41) is 0. The highest BCUT2D eigenvalue weighted by atomic mass is 32.2. The van der Waals surface area contributed by atoms with Crippen LogP contribution >= 0.6 is 12.0 Å². The Bertz CT molecular complexity index is 1360. The van der Waals surface area contributed by atoms with Crippen LogP contribution in [-0.4, -0.2) is 31.8 Å². The van der Waals surface area contributed by atoms with Gasteiger partial charge in [-0.25, -0.2) is 8.78 Å². The van der Waals surface area contributed by atoms with E-state index in [1.165, 1.54) is 28.8 Å². The lowest BCUT2D eigenvalue weighted by Gasteiger charge is -2.42. The van der Waals surface area contributed by atoms with Crippen molar-refractivity contribution in [3.63, 3.8) is 0 Å². The molecule has 8 heteroatoms. The van der Waals surface area contributed by atoms with Crippen molar-refractivity contribution in [2.75, 3.05) is 26.9 Å². The van der Waals surface area contributed by atoms with Gasteiger partial charge >= 0.3 is 0 Å². The van der Waals surface area contributed by atoms with Crippen LogP contribution in [0.1, 0.15) is 42.1 Å². The van der Waals surface area contributed by atoms with Gasteiger partial charge in [-0.05, 0) is 72.0 Å². The molecule has 0 N–H and O–H groups in total. The van der Waals surface area contributed by atoms with Gasteiger partial charge in [-0.15, -0.1) is 0 Å². The van der Waals surface area contributed by atoms with Gasteiger partial charge in [-0.2, -0.15) is 0 Å². The predicted molar refractivity (Wildman–Crippen MR) is 156 cm³/mol. The maximum atomic E-state index is 13.5. The summed E-state index contributed by atoms with van der Waals surface area (Å²) in [5.41, 5.74) is 5.10. The molecule has 0 amide bonds. The van der Waals surface area contributed by atoms with E-state index < -0.39 is 5.83 Å². The fourth-order valence-corrected chi connectivity index (χ4v) is 5.65. The average molecular weight is 568 g/mol. The minimum Gasteiger partial charge on any atom is -0.492 e. The first-order valence-electron chi connectivity index (χ1n) is 13.4. The highest BCUT2D eigenvalue weighted by Gasteiger charge is 2.35. The van der Waals surface area contributed by atoms with Crippen molar-refractivity contribution in [1.82, 2.24) is 4.90 Å². The summed E-state index contributed by atoms with van der Waals surface area (Å²) in [5.74, 6) is 2.36. The molecule has 0 aliphatic carbocycles. The first kappa shape index (κ1) is 29.5. The van der Waals surface area contributed by atoms with Gasteiger partial charge in [0.1, 0.15) is 24.9 Å². The Balaban J connectivity index is 0.000000479. The molecule has 0 saturated carbocycles. The Hall–Kier alpha value is -3.49. The molecule has 1 atom stereocenters. The first-order valence-corrected chi connectivity index (χ1v) is 14.1. The van der Waals surface area contributed by atoms with Crippen LogP contribution in [0.25, 0.3) is 0 Å². The molecule has 0 fully saturated rings. The number of halogens is 2. The van der Waals surface area contributed by atoms with Crippen molar-refractivity contribution in [3.8, 4) is 23.0 Å². The van der Waals surface area contributed by atoms with E-state index in [-0.39, 0.29) is 5.82 Å². The van der Waals surface area contributed by atoms with Crippen LogP contribution in [0.5, 0.6) is 23.0 Å². The summed E-state index contributed by atoms with van der Waals surface area (Å²) in [4.78, 5) is 3.21. The highest BCUT2D eigenvalue weighted by molar-refractivity contribution is 7.95. The molecule has 0 aromatic heterocycles. The third-order valence-electron chi connectivity index (χ3n) is 6.82. The summed E-state index contributed by atoms with van der Waals surface area (Å²) in [6.45, 7) is 12.9. The molecule has 3 heterocycles. The largest absolute Gasteiger partial charge is 0.492 e. The van der Waals surface area contributed by atoms with Gasteiger partial charge in [-0.1, -0.05) is 39.1 Å². The smallest absolute Gasteiger partial charge is 0.180 e. The van der Waals surface area contributed by atoms with Crippen molar-refractivity contribution < 1.29 is 27.2 Å². The zero-order valence-electron chi connectivity index (χ0n) is 23.2. The van der Waals surface area contributed by atoms with Crippen molar-refractivity contribution in [2.45, 2.75) is 44.2 Å².